The van der Waals surface area contributed by atoms with Crippen LogP contribution < -0.4 is 10.1 Å². The minimum Gasteiger partial charge on any atom is -0.497 e. The van der Waals surface area contributed by atoms with Crippen LogP contribution in [0, 0.1) is 0 Å². The van der Waals surface area contributed by atoms with Gasteiger partial charge in [-0.2, -0.15) is 0 Å². The second kappa shape index (κ2) is 7.84. The van der Waals surface area contributed by atoms with Crippen LogP contribution in [0.1, 0.15) is 17.5 Å². The SMILES string of the molecule is COc1ccc(CNC(=O)CCc2cccc(Br)c2)cc1. The van der Waals surface area contributed by atoms with Crippen LogP contribution in [0.3, 0.4) is 0 Å². The van der Waals surface area contributed by atoms with Crippen molar-refractivity contribution in [3.05, 3.63) is 64.1 Å². The number of carbonyl (C=O) groups excluding carboxylic acids is 1. The van der Waals surface area contributed by atoms with Crippen LogP contribution >= 0.6 is 15.9 Å². The third-order valence-electron chi connectivity index (χ3n) is 3.18. The molecule has 1 N–H and O–H groups in total. The van der Waals surface area contributed by atoms with Crippen molar-refractivity contribution >= 4 is 21.8 Å². The molecule has 0 aromatic heterocycles. The van der Waals surface area contributed by atoms with Gasteiger partial charge in [0.15, 0.2) is 0 Å². The van der Waals surface area contributed by atoms with Crippen LogP contribution in [-0.2, 0) is 17.8 Å². The first-order valence-corrected chi connectivity index (χ1v) is 7.61. The van der Waals surface area contributed by atoms with Gasteiger partial charge in [-0.1, -0.05) is 40.2 Å². The Labute approximate surface area is 133 Å². The standard InChI is InChI=1S/C17H18BrNO2/c1-21-16-8-5-14(6-9-16)12-19-17(20)10-7-13-3-2-4-15(18)11-13/h2-6,8-9,11H,7,10,12H2,1H3,(H,19,20). The number of ether oxygens (including phenoxy) is 1. The largest absolute Gasteiger partial charge is 0.497 e. The summed E-state index contributed by atoms with van der Waals surface area (Å²) in [5, 5.41) is 2.93. The molecule has 21 heavy (non-hydrogen) atoms. The molecule has 2 rings (SSSR count). The number of amides is 1. The van der Waals surface area contributed by atoms with Gasteiger partial charge in [0.1, 0.15) is 5.75 Å². The number of hydrogen-bond acceptors (Lipinski definition) is 2. The van der Waals surface area contributed by atoms with Crippen molar-refractivity contribution in [2.24, 2.45) is 0 Å². The van der Waals surface area contributed by atoms with Crippen molar-refractivity contribution in [2.75, 3.05) is 7.11 Å². The molecule has 2 aromatic carbocycles. The van der Waals surface area contributed by atoms with Gasteiger partial charge in [0.2, 0.25) is 5.91 Å². The maximum absolute atomic E-state index is 11.9. The van der Waals surface area contributed by atoms with E-state index in [-0.39, 0.29) is 5.91 Å². The normalized spacial score (nSPS) is 10.2. The van der Waals surface area contributed by atoms with Crippen molar-refractivity contribution in [1.82, 2.24) is 5.32 Å². The minimum atomic E-state index is 0.0609. The number of carbonyl (C=O) groups is 1. The summed E-state index contributed by atoms with van der Waals surface area (Å²) in [5.41, 5.74) is 2.22. The number of benzene rings is 2. The summed E-state index contributed by atoms with van der Waals surface area (Å²) < 4.78 is 6.14. The van der Waals surface area contributed by atoms with E-state index in [4.69, 9.17) is 4.74 Å². The zero-order valence-corrected chi connectivity index (χ0v) is 13.5. The van der Waals surface area contributed by atoms with Crippen molar-refractivity contribution < 1.29 is 9.53 Å². The number of rotatable bonds is 6. The van der Waals surface area contributed by atoms with E-state index in [9.17, 15) is 4.79 Å². The fraction of sp³-hybridized carbons (Fsp3) is 0.235. The van der Waals surface area contributed by atoms with Gasteiger partial charge >= 0.3 is 0 Å². The Bertz CT molecular complexity index is 596. The van der Waals surface area contributed by atoms with Crippen LogP contribution in [-0.4, -0.2) is 13.0 Å². The first-order chi connectivity index (χ1) is 10.2. The van der Waals surface area contributed by atoms with E-state index in [0.717, 1.165) is 27.8 Å². The van der Waals surface area contributed by atoms with Crippen molar-refractivity contribution in [1.29, 1.82) is 0 Å². The molecule has 2 aromatic rings. The number of nitrogens with one attached hydrogen (secondary N) is 1. The Kier molecular flexibility index (Phi) is 5.81. The van der Waals surface area contributed by atoms with Crippen LogP contribution in [0.5, 0.6) is 5.75 Å². The Morgan fingerprint density at radius 1 is 1.14 bits per heavy atom. The molecule has 0 saturated heterocycles. The Morgan fingerprint density at radius 3 is 2.57 bits per heavy atom. The summed E-state index contributed by atoms with van der Waals surface area (Å²) in [5.74, 6) is 0.880. The van der Waals surface area contributed by atoms with Gasteiger partial charge in [0.25, 0.3) is 0 Å². The zero-order valence-electron chi connectivity index (χ0n) is 11.9. The molecule has 0 saturated carbocycles. The van der Waals surface area contributed by atoms with Crippen molar-refractivity contribution in [3.63, 3.8) is 0 Å². The molecular weight excluding hydrogens is 330 g/mol. The second-order valence-corrected chi connectivity index (χ2v) is 5.67. The maximum atomic E-state index is 11.9. The van der Waals surface area contributed by atoms with E-state index >= 15 is 0 Å². The molecule has 4 heteroatoms. The molecule has 0 unspecified atom stereocenters. The molecule has 3 nitrogen and oxygen atoms in total. The average Bonchev–Trinajstić information content (AvgIpc) is 2.51. The minimum absolute atomic E-state index is 0.0609. The fourth-order valence-corrected chi connectivity index (χ4v) is 2.43. The highest BCUT2D eigenvalue weighted by Gasteiger charge is 2.03. The fourth-order valence-electron chi connectivity index (χ4n) is 1.98. The monoisotopic (exact) mass is 347 g/mol. The highest BCUT2D eigenvalue weighted by molar-refractivity contribution is 9.10. The van der Waals surface area contributed by atoms with Gasteiger partial charge in [-0.15, -0.1) is 0 Å². The molecule has 0 atom stereocenters. The van der Waals surface area contributed by atoms with E-state index in [1.807, 2.05) is 48.5 Å². The Hall–Kier alpha value is -1.81. The molecule has 0 aliphatic carbocycles. The molecule has 110 valence electrons. The first kappa shape index (κ1) is 15.6. The lowest BCUT2D eigenvalue weighted by atomic mass is 10.1. The third kappa shape index (κ3) is 5.23. The molecule has 0 bridgehead atoms. The molecule has 0 radical (unpaired) electrons. The summed E-state index contributed by atoms with van der Waals surface area (Å²) in [7, 11) is 1.64. The topological polar surface area (TPSA) is 38.3 Å². The predicted molar refractivity (Wildman–Crippen MR) is 87.3 cm³/mol. The van der Waals surface area contributed by atoms with Gasteiger partial charge < -0.3 is 10.1 Å². The maximum Gasteiger partial charge on any atom is 0.220 e. The summed E-state index contributed by atoms with van der Waals surface area (Å²) in [6.07, 6.45) is 1.24. The molecule has 0 spiro atoms. The summed E-state index contributed by atoms with van der Waals surface area (Å²) in [4.78, 5) is 11.9. The van der Waals surface area contributed by atoms with Crippen molar-refractivity contribution in [3.8, 4) is 5.75 Å². The third-order valence-corrected chi connectivity index (χ3v) is 3.67. The van der Waals surface area contributed by atoms with Crippen molar-refractivity contribution in [2.45, 2.75) is 19.4 Å². The van der Waals surface area contributed by atoms with E-state index in [2.05, 4.69) is 21.2 Å². The molecular formula is C17H18BrNO2. The molecule has 0 heterocycles. The highest BCUT2D eigenvalue weighted by atomic mass is 79.9. The van der Waals surface area contributed by atoms with Gasteiger partial charge in [-0.25, -0.2) is 0 Å². The second-order valence-electron chi connectivity index (χ2n) is 4.75. The quantitative estimate of drug-likeness (QED) is 0.864. The molecule has 0 aliphatic heterocycles. The summed E-state index contributed by atoms with van der Waals surface area (Å²) in [6, 6.07) is 15.7. The summed E-state index contributed by atoms with van der Waals surface area (Å²) >= 11 is 3.43. The van der Waals surface area contributed by atoms with Gasteiger partial charge in [0, 0.05) is 17.4 Å². The van der Waals surface area contributed by atoms with Crippen LogP contribution in [0.4, 0.5) is 0 Å². The Morgan fingerprint density at radius 2 is 1.90 bits per heavy atom. The molecule has 1 amide bonds. The lowest BCUT2D eigenvalue weighted by molar-refractivity contribution is -0.121. The smallest absolute Gasteiger partial charge is 0.220 e. The Balaban J connectivity index is 1.76. The molecule has 0 aliphatic rings. The van der Waals surface area contributed by atoms with E-state index in [0.29, 0.717) is 13.0 Å². The lowest BCUT2D eigenvalue weighted by Gasteiger charge is -2.07. The number of aryl methyl sites for hydroxylation is 1. The van der Waals surface area contributed by atoms with E-state index in [1.54, 1.807) is 7.11 Å². The van der Waals surface area contributed by atoms with E-state index < -0.39 is 0 Å². The van der Waals surface area contributed by atoms with Crippen LogP contribution in [0.25, 0.3) is 0 Å². The molecule has 0 fully saturated rings. The van der Waals surface area contributed by atoms with Gasteiger partial charge in [0.05, 0.1) is 7.11 Å². The van der Waals surface area contributed by atoms with E-state index in [1.165, 1.54) is 0 Å². The average molecular weight is 348 g/mol. The number of methoxy groups -OCH3 is 1. The zero-order chi connectivity index (χ0) is 15.1. The first-order valence-electron chi connectivity index (χ1n) is 6.81. The lowest BCUT2D eigenvalue weighted by Crippen LogP contribution is -2.22. The number of hydrogen-bond donors (Lipinski definition) is 1. The predicted octanol–water partition coefficient (Wildman–Crippen LogP) is 3.71. The summed E-state index contributed by atoms with van der Waals surface area (Å²) in [6.45, 7) is 0.543. The van der Waals surface area contributed by atoms with Crippen LogP contribution in [0.15, 0.2) is 53.0 Å². The highest BCUT2D eigenvalue weighted by Crippen LogP contribution is 2.13. The number of halogens is 1. The van der Waals surface area contributed by atoms with Crippen LogP contribution in [0.2, 0.25) is 0 Å². The van der Waals surface area contributed by atoms with Gasteiger partial charge in [-0.05, 0) is 41.8 Å². The van der Waals surface area contributed by atoms with Gasteiger partial charge in [-0.3, -0.25) is 4.79 Å².